The molecule has 1 rings (SSSR count). The van der Waals surface area contributed by atoms with Crippen molar-refractivity contribution in [3.8, 4) is 0 Å². The third-order valence-electron chi connectivity index (χ3n) is 4.53. The van der Waals surface area contributed by atoms with Gasteiger partial charge in [0, 0.05) is 0 Å². The van der Waals surface area contributed by atoms with Crippen molar-refractivity contribution in [3.05, 3.63) is 40.8 Å². The number of rotatable bonds is 8. The zero-order valence-corrected chi connectivity index (χ0v) is 19.4. The zero-order valence-electron chi connectivity index (χ0n) is 17.4. The van der Waals surface area contributed by atoms with Crippen molar-refractivity contribution in [3.63, 3.8) is 0 Å². The number of hydrogen-bond donors (Lipinski definition) is 1. The van der Waals surface area contributed by atoms with E-state index >= 15 is 0 Å². The van der Waals surface area contributed by atoms with Gasteiger partial charge in [-0.2, -0.15) is 8.42 Å². The highest BCUT2D eigenvalue weighted by molar-refractivity contribution is 7.88. The van der Waals surface area contributed by atoms with E-state index in [0.29, 0.717) is 18.3 Å². The summed E-state index contributed by atoms with van der Waals surface area (Å²) >= 11 is 0. The lowest BCUT2D eigenvalue weighted by Gasteiger charge is -2.31. The molecule has 0 unspecified atom stereocenters. The molecule has 0 atom stereocenters. The van der Waals surface area contributed by atoms with Crippen molar-refractivity contribution in [1.29, 1.82) is 0 Å². The van der Waals surface area contributed by atoms with E-state index in [4.69, 9.17) is 4.55 Å². The number of benzene rings is 1. The van der Waals surface area contributed by atoms with E-state index in [0.717, 1.165) is 5.41 Å². The lowest BCUT2D eigenvalue weighted by atomic mass is 9.85. The Bertz CT molecular complexity index is 703. The Morgan fingerprint density at radius 3 is 2.04 bits per heavy atom. The molecule has 0 saturated carbocycles. The fraction of sp³-hybridized carbons (Fsp3) is 0.619. The summed E-state index contributed by atoms with van der Waals surface area (Å²) in [6, 6.07) is 8.95. The molecule has 0 amide bonds. The molecule has 0 spiro atoms. The minimum Gasteiger partial charge on any atom is -0.282 e. The smallest absolute Gasteiger partial charge is 0.282 e. The molecule has 0 saturated heterocycles. The van der Waals surface area contributed by atoms with E-state index in [2.05, 4.69) is 66.7 Å². The molecule has 0 radical (unpaired) electrons. The average molecular weight is 397 g/mol. The van der Waals surface area contributed by atoms with Crippen molar-refractivity contribution in [2.24, 2.45) is 11.8 Å². The van der Waals surface area contributed by atoms with Gasteiger partial charge in [-0.3, -0.25) is 4.55 Å². The highest BCUT2D eigenvalue weighted by Gasteiger charge is 2.27. The summed E-state index contributed by atoms with van der Waals surface area (Å²) in [7, 11) is -5.29. The summed E-state index contributed by atoms with van der Waals surface area (Å²) < 4.78 is 31.1. The number of hydrogen-bond acceptors (Lipinski definition) is 2. The van der Waals surface area contributed by atoms with Gasteiger partial charge >= 0.3 is 0 Å². The first-order valence-corrected chi connectivity index (χ1v) is 13.3. The summed E-state index contributed by atoms with van der Waals surface area (Å²) in [6.45, 7) is 15.9. The minimum atomic E-state index is -4.07. The van der Waals surface area contributed by atoms with Crippen LogP contribution in [0, 0.1) is 11.8 Å². The standard InChI is InChI=1S/C21H36O3SSi/c1-16(2)14-26(15-17(3)4)20-18(11-9-13-25(22,23)24)10-8-12-19(20)21(5,6)7/h8-10,12-13,16-17,26H,11,14-15H2,1-7H3,(H,22,23,24). The molecule has 0 aromatic heterocycles. The van der Waals surface area contributed by atoms with Gasteiger partial charge in [-0.05, 0) is 34.8 Å². The highest BCUT2D eigenvalue weighted by Crippen LogP contribution is 2.26. The molecule has 1 aromatic carbocycles. The normalized spacial score (nSPS) is 13.5. The van der Waals surface area contributed by atoms with E-state index in [1.54, 1.807) is 6.08 Å². The van der Waals surface area contributed by atoms with Crippen LogP contribution in [0.2, 0.25) is 12.1 Å². The second-order valence-electron chi connectivity index (χ2n) is 9.18. The van der Waals surface area contributed by atoms with Gasteiger partial charge in [0.2, 0.25) is 0 Å². The molecule has 0 bridgehead atoms. The predicted molar refractivity (Wildman–Crippen MR) is 116 cm³/mol. The second-order valence-corrected chi connectivity index (χ2v) is 13.4. The lowest BCUT2D eigenvalue weighted by Crippen LogP contribution is -2.41. The minimum absolute atomic E-state index is 0.0529. The van der Waals surface area contributed by atoms with E-state index in [9.17, 15) is 8.42 Å². The quantitative estimate of drug-likeness (QED) is 0.513. The third-order valence-corrected chi connectivity index (χ3v) is 9.59. The largest absolute Gasteiger partial charge is 0.287 e. The third kappa shape index (κ3) is 7.76. The predicted octanol–water partition coefficient (Wildman–Crippen LogP) is 4.67. The molecule has 3 nitrogen and oxygen atoms in total. The van der Waals surface area contributed by atoms with Gasteiger partial charge in [-0.15, -0.1) is 0 Å². The van der Waals surface area contributed by atoms with Crippen molar-refractivity contribution < 1.29 is 13.0 Å². The highest BCUT2D eigenvalue weighted by atomic mass is 32.2. The Hall–Kier alpha value is -0.913. The molecule has 0 fully saturated rings. The van der Waals surface area contributed by atoms with E-state index in [1.807, 2.05) is 0 Å². The summed E-state index contributed by atoms with van der Waals surface area (Å²) in [6.07, 6.45) is 2.11. The van der Waals surface area contributed by atoms with Gasteiger partial charge in [0.05, 0.1) is 14.2 Å². The Labute approximate surface area is 162 Å². The van der Waals surface area contributed by atoms with Crippen LogP contribution in [0.25, 0.3) is 0 Å². The van der Waals surface area contributed by atoms with Crippen molar-refractivity contribution in [2.45, 2.75) is 72.4 Å². The molecule has 5 heteroatoms. The Morgan fingerprint density at radius 1 is 1.08 bits per heavy atom. The van der Waals surface area contributed by atoms with Crippen LogP contribution in [0.5, 0.6) is 0 Å². The summed E-state index contributed by atoms with van der Waals surface area (Å²) in [4.78, 5) is 0. The number of allylic oxidation sites excluding steroid dienone is 1. The molecular formula is C21H36O3SSi. The molecule has 1 N–H and O–H groups in total. The van der Waals surface area contributed by atoms with Crippen LogP contribution < -0.4 is 5.19 Å². The maximum Gasteiger partial charge on any atom is 0.287 e. The van der Waals surface area contributed by atoms with Gasteiger partial charge in [-0.25, -0.2) is 0 Å². The Morgan fingerprint density at radius 2 is 1.62 bits per heavy atom. The van der Waals surface area contributed by atoms with E-state index in [-0.39, 0.29) is 5.41 Å². The van der Waals surface area contributed by atoms with Crippen LogP contribution >= 0.6 is 0 Å². The SMILES string of the molecule is CC(C)C[SiH](CC(C)C)c1c(CC=CS(=O)(=O)O)cccc1C(C)(C)C. The monoisotopic (exact) mass is 396 g/mol. The average Bonchev–Trinajstić information content (AvgIpc) is 2.43. The van der Waals surface area contributed by atoms with E-state index in [1.165, 1.54) is 28.4 Å². The Kier molecular flexibility index (Phi) is 8.30. The van der Waals surface area contributed by atoms with Crippen LogP contribution in [-0.2, 0) is 22.0 Å². The maximum absolute atomic E-state index is 11.0. The molecule has 0 aliphatic carbocycles. The topological polar surface area (TPSA) is 54.4 Å². The molecule has 0 heterocycles. The van der Waals surface area contributed by atoms with Gasteiger partial charge in [-0.1, -0.05) is 90.0 Å². The van der Waals surface area contributed by atoms with Gasteiger partial charge in [0.25, 0.3) is 10.1 Å². The summed E-state index contributed by atoms with van der Waals surface area (Å²) in [5.41, 5.74) is 2.67. The Balaban J connectivity index is 3.47. The maximum atomic E-state index is 11.0. The molecule has 26 heavy (non-hydrogen) atoms. The summed E-state index contributed by atoms with van der Waals surface area (Å²) in [5.74, 6) is 1.30. The van der Waals surface area contributed by atoms with Crippen molar-refractivity contribution >= 4 is 24.1 Å². The molecule has 148 valence electrons. The molecular weight excluding hydrogens is 360 g/mol. The summed E-state index contributed by atoms with van der Waals surface area (Å²) in [5, 5.41) is 2.41. The fourth-order valence-corrected chi connectivity index (χ4v) is 8.68. The first kappa shape index (κ1) is 23.1. The van der Waals surface area contributed by atoms with Crippen LogP contribution in [0.4, 0.5) is 0 Å². The van der Waals surface area contributed by atoms with Crippen LogP contribution in [0.15, 0.2) is 29.7 Å². The first-order valence-electron chi connectivity index (χ1n) is 9.57. The zero-order chi connectivity index (χ0) is 20.1. The van der Waals surface area contributed by atoms with Crippen molar-refractivity contribution in [2.75, 3.05) is 0 Å². The van der Waals surface area contributed by atoms with E-state index < -0.39 is 18.9 Å². The fourth-order valence-electron chi connectivity index (χ4n) is 3.69. The van der Waals surface area contributed by atoms with Gasteiger partial charge in [0.1, 0.15) is 0 Å². The van der Waals surface area contributed by atoms with Crippen LogP contribution in [0.3, 0.4) is 0 Å². The second kappa shape index (κ2) is 9.33. The first-order chi connectivity index (χ1) is 11.8. The van der Waals surface area contributed by atoms with Gasteiger partial charge in [0.15, 0.2) is 0 Å². The van der Waals surface area contributed by atoms with Crippen molar-refractivity contribution in [1.82, 2.24) is 0 Å². The van der Waals surface area contributed by atoms with Crippen LogP contribution in [0.1, 0.15) is 59.6 Å². The molecule has 0 aliphatic rings. The van der Waals surface area contributed by atoms with Gasteiger partial charge < -0.3 is 0 Å². The van der Waals surface area contributed by atoms with Crippen LogP contribution in [-0.4, -0.2) is 21.8 Å². The lowest BCUT2D eigenvalue weighted by molar-refractivity contribution is 0.494. The molecule has 0 aliphatic heterocycles. The molecule has 1 aromatic rings.